The van der Waals surface area contributed by atoms with E-state index in [2.05, 4.69) is 17.6 Å². The van der Waals surface area contributed by atoms with Crippen molar-refractivity contribution >= 4 is 0 Å². The van der Waals surface area contributed by atoms with Crippen molar-refractivity contribution in [1.29, 1.82) is 0 Å². The molecule has 0 aliphatic carbocycles. The Morgan fingerprint density at radius 1 is 1.36 bits per heavy atom. The summed E-state index contributed by atoms with van der Waals surface area (Å²) in [5.74, 6) is 0. The van der Waals surface area contributed by atoms with Crippen LogP contribution >= 0.6 is 0 Å². The molecule has 0 aromatic heterocycles. The average molecular weight is 156 g/mol. The molecule has 0 saturated carbocycles. The van der Waals surface area contributed by atoms with E-state index in [1.54, 1.807) is 0 Å². The molecule has 0 radical (unpaired) electrons. The maximum atomic E-state index is 3.57. The number of rotatable bonds is 3. The molecule has 1 atom stereocenters. The minimum absolute atomic E-state index is 0.782. The normalized spacial score (nSPS) is 26.5. The van der Waals surface area contributed by atoms with Crippen molar-refractivity contribution in [3.63, 3.8) is 0 Å². The molecule has 1 heterocycles. The van der Waals surface area contributed by atoms with Crippen molar-refractivity contribution in [2.75, 3.05) is 19.6 Å². The molecule has 2 N–H and O–H groups in total. The second kappa shape index (κ2) is 5.56. The van der Waals surface area contributed by atoms with Gasteiger partial charge in [-0.3, -0.25) is 0 Å². The van der Waals surface area contributed by atoms with Gasteiger partial charge >= 0.3 is 0 Å². The van der Waals surface area contributed by atoms with Gasteiger partial charge in [0.25, 0.3) is 0 Å². The van der Waals surface area contributed by atoms with Crippen molar-refractivity contribution in [2.24, 2.45) is 0 Å². The zero-order valence-electron chi connectivity index (χ0n) is 7.53. The Morgan fingerprint density at radius 3 is 3.09 bits per heavy atom. The standard InChI is InChI=1S/C9H20N2/c1-2-6-11-9-4-3-7-10-8-5-9/h9-11H,2-8H2,1H3. The molecule has 1 saturated heterocycles. The van der Waals surface area contributed by atoms with Gasteiger partial charge in [-0.2, -0.15) is 0 Å². The third kappa shape index (κ3) is 3.73. The summed E-state index contributed by atoms with van der Waals surface area (Å²) in [6.45, 7) is 5.82. The summed E-state index contributed by atoms with van der Waals surface area (Å²) < 4.78 is 0. The number of hydrogen-bond donors (Lipinski definition) is 2. The van der Waals surface area contributed by atoms with E-state index in [9.17, 15) is 0 Å². The van der Waals surface area contributed by atoms with Crippen LogP contribution in [0.25, 0.3) is 0 Å². The number of nitrogens with one attached hydrogen (secondary N) is 2. The SMILES string of the molecule is CCCNC1CCCNCC1. The molecule has 11 heavy (non-hydrogen) atoms. The molecule has 1 unspecified atom stereocenters. The van der Waals surface area contributed by atoms with Crippen LogP contribution < -0.4 is 10.6 Å². The van der Waals surface area contributed by atoms with Gasteiger partial charge in [-0.1, -0.05) is 6.92 Å². The summed E-state index contributed by atoms with van der Waals surface area (Å²) in [5.41, 5.74) is 0. The highest BCUT2D eigenvalue weighted by Gasteiger charge is 2.09. The highest BCUT2D eigenvalue weighted by atomic mass is 14.9. The van der Waals surface area contributed by atoms with Gasteiger partial charge in [0.2, 0.25) is 0 Å². The van der Waals surface area contributed by atoms with E-state index >= 15 is 0 Å². The second-order valence-corrected chi connectivity index (χ2v) is 3.33. The summed E-state index contributed by atoms with van der Waals surface area (Å²) in [6, 6.07) is 0.782. The molecule has 2 nitrogen and oxygen atoms in total. The Bertz CT molecular complexity index is 85.6. The molecule has 1 rings (SSSR count). The van der Waals surface area contributed by atoms with Gasteiger partial charge in [0.15, 0.2) is 0 Å². The average Bonchev–Trinajstić information content (AvgIpc) is 2.28. The highest BCUT2D eigenvalue weighted by Crippen LogP contribution is 2.04. The van der Waals surface area contributed by atoms with Crippen LogP contribution in [0, 0.1) is 0 Å². The minimum atomic E-state index is 0.782. The summed E-state index contributed by atoms with van der Waals surface area (Å²) >= 11 is 0. The van der Waals surface area contributed by atoms with Crippen molar-refractivity contribution in [1.82, 2.24) is 10.6 Å². The molecule has 0 spiro atoms. The van der Waals surface area contributed by atoms with E-state index in [-0.39, 0.29) is 0 Å². The zero-order chi connectivity index (χ0) is 7.94. The van der Waals surface area contributed by atoms with Crippen molar-refractivity contribution in [3.8, 4) is 0 Å². The van der Waals surface area contributed by atoms with Crippen LogP contribution in [0.5, 0.6) is 0 Å². The lowest BCUT2D eigenvalue weighted by Crippen LogP contribution is -2.30. The zero-order valence-corrected chi connectivity index (χ0v) is 7.53. The van der Waals surface area contributed by atoms with E-state index in [0.29, 0.717) is 0 Å². The van der Waals surface area contributed by atoms with Crippen LogP contribution in [-0.4, -0.2) is 25.7 Å². The second-order valence-electron chi connectivity index (χ2n) is 3.33. The monoisotopic (exact) mass is 156 g/mol. The Hall–Kier alpha value is -0.0800. The fourth-order valence-corrected chi connectivity index (χ4v) is 1.57. The molecule has 0 bridgehead atoms. The summed E-state index contributed by atoms with van der Waals surface area (Å²) in [5, 5.41) is 6.98. The fourth-order valence-electron chi connectivity index (χ4n) is 1.57. The van der Waals surface area contributed by atoms with Crippen molar-refractivity contribution in [2.45, 2.75) is 38.6 Å². The van der Waals surface area contributed by atoms with Gasteiger partial charge < -0.3 is 10.6 Å². The highest BCUT2D eigenvalue weighted by molar-refractivity contribution is 4.71. The third-order valence-electron chi connectivity index (χ3n) is 2.26. The first kappa shape index (κ1) is 9.01. The Morgan fingerprint density at radius 2 is 2.27 bits per heavy atom. The lowest BCUT2D eigenvalue weighted by molar-refractivity contribution is 0.470. The van der Waals surface area contributed by atoms with Crippen molar-refractivity contribution < 1.29 is 0 Å². The van der Waals surface area contributed by atoms with E-state index < -0.39 is 0 Å². The maximum absolute atomic E-state index is 3.57. The third-order valence-corrected chi connectivity index (χ3v) is 2.26. The largest absolute Gasteiger partial charge is 0.317 e. The first-order chi connectivity index (χ1) is 5.43. The van der Waals surface area contributed by atoms with E-state index in [4.69, 9.17) is 0 Å². The van der Waals surface area contributed by atoms with Gasteiger partial charge in [0.05, 0.1) is 0 Å². The summed E-state index contributed by atoms with van der Waals surface area (Å²) in [4.78, 5) is 0. The fraction of sp³-hybridized carbons (Fsp3) is 1.00. The van der Waals surface area contributed by atoms with E-state index in [1.807, 2.05) is 0 Å². The first-order valence-electron chi connectivity index (χ1n) is 4.87. The summed E-state index contributed by atoms with van der Waals surface area (Å²) in [7, 11) is 0. The Labute approximate surface area is 69.8 Å². The molecular formula is C9H20N2. The smallest absolute Gasteiger partial charge is 0.00796 e. The van der Waals surface area contributed by atoms with Gasteiger partial charge in [0, 0.05) is 6.04 Å². The minimum Gasteiger partial charge on any atom is -0.317 e. The van der Waals surface area contributed by atoms with Crippen molar-refractivity contribution in [3.05, 3.63) is 0 Å². The molecule has 0 amide bonds. The first-order valence-corrected chi connectivity index (χ1v) is 4.87. The summed E-state index contributed by atoms with van der Waals surface area (Å²) in [6.07, 6.45) is 5.25. The molecule has 0 aromatic rings. The molecule has 1 aliphatic heterocycles. The molecule has 66 valence electrons. The van der Waals surface area contributed by atoms with Crippen LogP contribution in [0.4, 0.5) is 0 Å². The maximum Gasteiger partial charge on any atom is 0.00796 e. The quantitative estimate of drug-likeness (QED) is 0.640. The Balaban J connectivity index is 2.09. The van der Waals surface area contributed by atoms with E-state index in [1.165, 1.54) is 45.3 Å². The van der Waals surface area contributed by atoms with Crippen LogP contribution in [0.2, 0.25) is 0 Å². The molecular weight excluding hydrogens is 136 g/mol. The Kier molecular flexibility index (Phi) is 4.55. The van der Waals surface area contributed by atoms with Gasteiger partial charge in [-0.05, 0) is 45.3 Å². The lowest BCUT2D eigenvalue weighted by Gasteiger charge is -2.14. The van der Waals surface area contributed by atoms with Crippen LogP contribution in [0.15, 0.2) is 0 Å². The van der Waals surface area contributed by atoms with Gasteiger partial charge in [-0.25, -0.2) is 0 Å². The lowest BCUT2D eigenvalue weighted by atomic mass is 10.1. The number of hydrogen-bond acceptors (Lipinski definition) is 2. The molecule has 0 aromatic carbocycles. The van der Waals surface area contributed by atoms with Crippen LogP contribution in [-0.2, 0) is 0 Å². The topological polar surface area (TPSA) is 24.1 Å². The molecule has 1 fully saturated rings. The molecule has 2 heteroatoms. The predicted molar refractivity (Wildman–Crippen MR) is 48.8 cm³/mol. The van der Waals surface area contributed by atoms with Crippen LogP contribution in [0.3, 0.4) is 0 Å². The van der Waals surface area contributed by atoms with E-state index in [0.717, 1.165) is 6.04 Å². The molecule has 1 aliphatic rings. The van der Waals surface area contributed by atoms with Crippen LogP contribution in [0.1, 0.15) is 32.6 Å². The van der Waals surface area contributed by atoms with Gasteiger partial charge in [0.1, 0.15) is 0 Å². The van der Waals surface area contributed by atoms with Gasteiger partial charge in [-0.15, -0.1) is 0 Å². The predicted octanol–water partition coefficient (Wildman–Crippen LogP) is 1.13.